The molecule has 0 saturated carbocycles. The Balaban J connectivity index is 1.56. The number of nitrogens with zero attached hydrogens (tertiary/aromatic N) is 2. The normalized spacial score (nSPS) is 14.7. The molecule has 2 amide bonds. The van der Waals surface area contributed by atoms with Crippen LogP contribution in [0.3, 0.4) is 0 Å². The van der Waals surface area contributed by atoms with E-state index in [0.29, 0.717) is 18.8 Å². The predicted octanol–water partition coefficient (Wildman–Crippen LogP) is 3.28. The Labute approximate surface area is 140 Å². The molecule has 1 saturated heterocycles. The third-order valence-corrected chi connectivity index (χ3v) is 4.14. The largest absolute Gasteiger partial charge is 0.399 e. The van der Waals surface area contributed by atoms with Crippen LogP contribution in [-0.4, -0.2) is 37.1 Å². The van der Waals surface area contributed by atoms with E-state index in [1.54, 1.807) is 24.3 Å². The second-order valence-corrected chi connectivity index (χ2v) is 5.94. The van der Waals surface area contributed by atoms with E-state index >= 15 is 0 Å². The van der Waals surface area contributed by atoms with Crippen molar-refractivity contribution < 1.29 is 4.79 Å². The summed E-state index contributed by atoms with van der Waals surface area (Å²) in [6, 6.07) is 14.9. The van der Waals surface area contributed by atoms with Crippen molar-refractivity contribution in [3.05, 3.63) is 53.6 Å². The molecule has 1 aliphatic rings. The zero-order valence-electron chi connectivity index (χ0n) is 12.7. The van der Waals surface area contributed by atoms with E-state index in [2.05, 4.69) is 10.2 Å². The quantitative estimate of drug-likeness (QED) is 0.831. The summed E-state index contributed by atoms with van der Waals surface area (Å²) in [7, 11) is 0. The van der Waals surface area contributed by atoms with Crippen molar-refractivity contribution in [1.29, 1.82) is 0 Å². The number of carbonyl (C=O) groups is 1. The lowest BCUT2D eigenvalue weighted by molar-refractivity contribution is 0.208. The van der Waals surface area contributed by atoms with Crippen molar-refractivity contribution in [3.63, 3.8) is 0 Å². The van der Waals surface area contributed by atoms with Gasteiger partial charge in [-0.1, -0.05) is 17.7 Å². The highest BCUT2D eigenvalue weighted by Crippen LogP contribution is 2.21. The fourth-order valence-electron chi connectivity index (χ4n) is 2.61. The van der Waals surface area contributed by atoms with Crippen molar-refractivity contribution in [2.24, 2.45) is 0 Å². The maximum absolute atomic E-state index is 12.3. The zero-order valence-corrected chi connectivity index (χ0v) is 13.5. The van der Waals surface area contributed by atoms with Gasteiger partial charge in [-0.3, -0.25) is 0 Å². The smallest absolute Gasteiger partial charge is 0.321 e. The first-order valence-corrected chi connectivity index (χ1v) is 7.91. The maximum Gasteiger partial charge on any atom is 0.321 e. The molecule has 1 heterocycles. The molecule has 0 spiro atoms. The first kappa shape index (κ1) is 15.5. The molecular weight excluding hydrogens is 312 g/mol. The van der Waals surface area contributed by atoms with Crippen LogP contribution in [0.15, 0.2) is 48.5 Å². The minimum Gasteiger partial charge on any atom is -0.399 e. The molecule has 6 heteroatoms. The number of urea groups is 1. The molecule has 3 N–H and O–H groups in total. The highest BCUT2D eigenvalue weighted by molar-refractivity contribution is 6.30. The molecule has 0 atom stereocenters. The van der Waals surface area contributed by atoms with Crippen LogP contribution in [-0.2, 0) is 0 Å². The number of carbonyl (C=O) groups excluding carboxylic acids is 1. The molecule has 1 aliphatic heterocycles. The molecule has 5 nitrogen and oxygen atoms in total. The molecule has 120 valence electrons. The van der Waals surface area contributed by atoms with Crippen LogP contribution >= 0.6 is 11.6 Å². The van der Waals surface area contributed by atoms with Crippen molar-refractivity contribution in [1.82, 2.24) is 4.90 Å². The molecule has 0 unspecified atom stereocenters. The summed E-state index contributed by atoms with van der Waals surface area (Å²) < 4.78 is 0. The Morgan fingerprint density at radius 3 is 2.39 bits per heavy atom. The average molecular weight is 331 g/mol. The van der Waals surface area contributed by atoms with Gasteiger partial charge in [-0.25, -0.2) is 4.79 Å². The van der Waals surface area contributed by atoms with E-state index in [4.69, 9.17) is 17.3 Å². The number of nitrogen functional groups attached to an aromatic ring is 1. The minimum atomic E-state index is -0.0829. The van der Waals surface area contributed by atoms with Gasteiger partial charge in [0.2, 0.25) is 0 Å². The molecule has 1 fully saturated rings. The lowest BCUT2D eigenvalue weighted by Gasteiger charge is -2.36. The number of halogens is 1. The molecule has 0 aromatic heterocycles. The number of hydrogen-bond donors (Lipinski definition) is 2. The Morgan fingerprint density at radius 1 is 1.04 bits per heavy atom. The number of amides is 2. The van der Waals surface area contributed by atoms with Crippen LogP contribution in [0, 0.1) is 0 Å². The van der Waals surface area contributed by atoms with Crippen LogP contribution in [0.2, 0.25) is 5.02 Å². The van der Waals surface area contributed by atoms with Crippen molar-refractivity contribution in [3.8, 4) is 0 Å². The van der Waals surface area contributed by atoms with E-state index in [1.165, 1.54) is 0 Å². The van der Waals surface area contributed by atoms with E-state index in [9.17, 15) is 4.79 Å². The molecule has 2 aromatic rings. The fraction of sp³-hybridized carbons (Fsp3) is 0.235. The molecule has 2 aromatic carbocycles. The third kappa shape index (κ3) is 3.87. The van der Waals surface area contributed by atoms with Crippen molar-refractivity contribution >= 4 is 34.7 Å². The summed E-state index contributed by atoms with van der Waals surface area (Å²) in [6.07, 6.45) is 0. The SMILES string of the molecule is Nc1ccc(NC(=O)N2CCN(c3cccc(Cl)c3)CC2)cc1. The monoisotopic (exact) mass is 330 g/mol. The van der Waals surface area contributed by atoms with Gasteiger partial charge in [-0.15, -0.1) is 0 Å². The number of hydrogen-bond acceptors (Lipinski definition) is 3. The maximum atomic E-state index is 12.3. The van der Waals surface area contributed by atoms with Crippen LogP contribution in [0.1, 0.15) is 0 Å². The molecule has 23 heavy (non-hydrogen) atoms. The lowest BCUT2D eigenvalue weighted by Crippen LogP contribution is -2.50. The molecule has 3 rings (SSSR count). The number of benzene rings is 2. The fourth-order valence-corrected chi connectivity index (χ4v) is 2.79. The summed E-state index contributed by atoms with van der Waals surface area (Å²) in [5, 5.41) is 3.62. The zero-order chi connectivity index (χ0) is 16.2. The standard InChI is InChI=1S/C17H19ClN4O/c18-13-2-1-3-16(12-13)21-8-10-22(11-9-21)17(23)20-15-6-4-14(19)5-7-15/h1-7,12H,8-11,19H2,(H,20,23). The van der Waals surface area contributed by atoms with E-state index in [1.807, 2.05) is 29.2 Å². The summed E-state index contributed by atoms with van der Waals surface area (Å²) in [5.74, 6) is 0. The number of nitrogens with one attached hydrogen (secondary N) is 1. The first-order chi connectivity index (χ1) is 11.1. The summed E-state index contributed by atoms with van der Waals surface area (Å²) in [4.78, 5) is 16.3. The third-order valence-electron chi connectivity index (χ3n) is 3.90. The Bertz CT molecular complexity index is 681. The average Bonchev–Trinajstić information content (AvgIpc) is 2.57. The number of piperazine rings is 1. The molecular formula is C17H19ClN4O. The topological polar surface area (TPSA) is 61.6 Å². The van der Waals surface area contributed by atoms with Gasteiger partial charge >= 0.3 is 6.03 Å². The van der Waals surface area contributed by atoms with Crippen LogP contribution < -0.4 is 16.0 Å². The lowest BCUT2D eigenvalue weighted by atomic mass is 10.2. The molecule has 0 bridgehead atoms. The van der Waals surface area contributed by atoms with Gasteiger partial charge in [0.05, 0.1) is 0 Å². The molecule has 0 radical (unpaired) electrons. The van der Waals surface area contributed by atoms with E-state index in [-0.39, 0.29) is 6.03 Å². The predicted molar refractivity (Wildman–Crippen MR) is 95.1 cm³/mol. The van der Waals surface area contributed by atoms with Gasteiger partial charge in [0.1, 0.15) is 0 Å². The highest BCUT2D eigenvalue weighted by atomic mass is 35.5. The summed E-state index contributed by atoms with van der Waals surface area (Å²) in [6.45, 7) is 2.92. The van der Waals surface area contributed by atoms with Gasteiger partial charge in [0.25, 0.3) is 0 Å². The van der Waals surface area contributed by atoms with Gasteiger partial charge < -0.3 is 20.9 Å². The van der Waals surface area contributed by atoms with Gasteiger partial charge in [0.15, 0.2) is 0 Å². The van der Waals surface area contributed by atoms with Gasteiger partial charge in [-0.05, 0) is 42.5 Å². The second-order valence-electron chi connectivity index (χ2n) is 5.51. The summed E-state index contributed by atoms with van der Waals surface area (Å²) >= 11 is 6.03. The van der Waals surface area contributed by atoms with Crippen molar-refractivity contribution in [2.75, 3.05) is 42.1 Å². The van der Waals surface area contributed by atoms with Gasteiger partial charge in [0, 0.05) is 48.3 Å². The van der Waals surface area contributed by atoms with Crippen LogP contribution in [0.25, 0.3) is 0 Å². The molecule has 0 aliphatic carbocycles. The first-order valence-electron chi connectivity index (χ1n) is 7.54. The Hall–Kier alpha value is -2.40. The Morgan fingerprint density at radius 2 is 1.74 bits per heavy atom. The van der Waals surface area contributed by atoms with Crippen LogP contribution in [0.5, 0.6) is 0 Å². The van der Waals surface area contributed by atoms with Crippen LogP contribution in [0.4, 0.5) is 21.9 Å². The van der Waals surface area contributed by atoms with E-state index < -0.39 is 0 Å². The number of anilines is 3. The number of rotatable bonds is 2. The highest BCUT2D eigenvalue weighted by Gasteiger charge is 2.21. The second kappa shape index (κ2) is 6.79. The Kier molecular flexibility index (Phi) is 4.57. The van der Waals surface area contributed by atoms with Gasteiger partial charge in [-0.2, -0.15) is 0 Å². The summed E-state index contributed by atoms with van der Waals surface area (Å²) in [5.41, 5.74) is 8.17. The van der Waals surface area contributed by atoms with Crippen molar-refractivity contribution in [2.45, 2.75) is 0 Å². The van der Waals surface area contributed by atoms with E-state index in [0.717, 1.165) is 29.5 Å². The number of nitrogens with two attached hydrogens (primary N) is 1. The minimum absolute atomic E-state index is 0.0829.